The summed E-state index contributed by atoms with van der Waals surface area (Å²) in [5.74, 6) is 1.01. The highest BCUT2D eigenvalue weighted by Crippen LogP contribution is 2.38. The van der Waals surface area contributed by atoms with Gasteiger partial charge in [-0.1, -0.05) is 29.3 Å². The lowest BCUT2D eigenvalue weighted by Gasteiger charge is -2.26. The molecular weight excluding hydrogens is 494 g/mol. The molecule has 0 aliphatic carbocycles. The van der Waals surface area contributed by atoms with Gasteiger partial charge in [-0.3, -0.25) is 4.90 Å². The van der Waals surface area contributed by atoms with E-state index in [0.717, 1.165) is 22.6 Å². The van der Waals surface area contributed by atoms with Crippen molar-refractivity contribution in [3.05, 3.63) is 58.9 Å². The molecule has 5 rings (SSSR count). The van der Waals surface area contributed by atoms with Crippen molar-refractivity contribution in [1.29, 1.82) is 0 Å². The highest BCUT2D eigenvalue weighted by Gasteiger charge is 2.28. The third-order valence-electron chi connectivity index (χ3n) is 5.79. The summed E-state index contributed by atoms with van der Waals surface area (Å²) >= 11 is 6.45. The first-order valence-electron chi connectivity index (χ1n) is 11.1. The van der Waals surface area contributed by atoms with Crippen molar-refractivity contribution >= 4 is 27.3 Å². The Balaban J connectivity index is 1.47. The molecule has 0 atom stereocenters. The highest BCUT2D eigenvalue weighted by atomic mass is 35.5. The molecule has 0 spiro atoms. The molecule has 184 valence electrons. The van der Waals surface area contributed by atoms with Crippen LogP contribution in [0.2, 0.25) is 5.02 Å². The van der Waals surface area contributed by atoms with E-state index in [9.17, 15) is 8.42 Å². The maximum atomic E-state index is 13.4. The quantitative estimate of drug-likeness (QED) is 0.449. The fraction of sp³-hybridized carbons (Fsp3) is 0.348. The molecule has 2 aliphatic rings. The fourth-order valence-corrected chi connectivity index (χ4v) is 5.53. The lowest BCUT2D eigenvalue weighted by molar-refractivity contribution is 0.0322. The Labute approximate surface area is 207 Å². The van der Waals surface area contributed by atoms with E-state index >= 15 is 0 Å². The second kappa shape index (κ2) is 9.94. The Kier molecular flexibility index (Phi) is 6.74. The van der Waals surface area contributed by atoms with Gasteiger partial charge in [0.15, 0.2) is 17.3 Å². The molecule has 1 saturated heterocycles. The smallest absolute Gasteiger partial charge is 0.268 e. The molecule has 0 saturated carbocycles. The molecule has 3 aromatic rings. The molecule has 4 heterocycles. The summed E-state index contributed by atoms with van der Waals surface area (Å²) in [6, 6.07) is 9.76. The van der Waals surface area contributed by atoms with Gasteiger partial charge in [0.25, 0.3) is 10.0 Å². The Morgan fingerprint density at radius 1 is 1.14 bits per heavy atom. The van der Waals surface area contributed by atoms with Crippen molar-refractivity contribution in [2.75, 3.05) is 46.0 Å². The van der Waals surface area contributed by atoms with Gasteiger partial charge in [0.2, 0.25) is 0 Å². The van der Waals surface area contributed by atoms with Gasteiger partial charge < -0.3 is 13.9 Å². The topological polar surface area (TPSA) is 111 Å². The van der Waals surface area contributed by atoms with Crippen LogP contribution in [0.5, 0.6) is 5.75 Å². The number of morpholine rings is 1. The number of aryl methyl sites for hydroxylation is 1. The minimum Gasteiger partial charge on any atom is -0.488 e. The zero-order chi connectivity index (χ0) is 24.4. The molecule has 1 fully saturated rings. The van der Waals surface area contributed by atoms with E-state index in [4.69, 9.17) is 25.5 Å². The minimum absolute atomic E-state index is 0.142. The van der Waals surface area contributed by atoms with Crippen molar-refractivity contribution in [3.8, 4) is 17.2 Å². The van der Waals surface area contributed by atoms with Crippen LogP contribution in [0.15, 0.2) is 67.3 Å². The van der Waals surface area contributed by atoms with Crippen LogP contribution in [-0.4, -0.2) is 69.0 Å². The standard InChI is InChI=1S/C23H24ClN5O5S/c1-16-2-4-17(5-3-16)35(30,31)29-7-6-18(24)22(29)20-14-21(23(34-20)19-15-25-27-26-19)33-13-10-28-8-11-32-12-9-28/h2-7,14H,8-13,15H2,1H3. The van der Waals surface area contributed by atoms with Crippen molar-refractivity contribution in [2.24, 2.45) is 15.4 Å². The van der Waals surface area contributed by atoms with E-state index < -0.39 is 10.0 Å². The number of halogens is 1. The fourth-order valence-electron chi connectivity index (χ4n) is 3.88. The van der Waals surface area contributed by atoms with Crippen LogP contribution >= 0.6 is 11.6 Å². The van der Waals surface area contributed by atoms with Gasteiger partial charge in [0.1, 0.15) is 24.6 Å². The molecule has 0 radical (unpaired) electrons. The van der Waals surface area contributed by atoms with E-state index in [-0.39, 0.29) is 27.9 Å². The van der Waals surface area contributed by atoms with Crippen molar-refractivity contribution in [1.82, 2.24) is 8.87 Å². The molecule has 0 amide bonds. The lowest BCUT2D eigenvalue weighted by atomic mass is 10.2. The molecular formula is C23H24ClN5O5S. The Morgan fingerprint density at radius 2 is 1.91 bits per heavy atom. The van der Waals surface area contributed by atoms with E-state index in [2.05, 4.69) is 20.3 Å². The number of ether oxygens (including phenoxy) is 2. The van der Waals surface area contributed by atoms with Crippen molar-refractivity contribution in [2.45, 2.75) is 11.8 Å². The molecule has 12 heteroatoms. The minimum atomic E-state index is -3.92. The van der Waals surface area contributed by atoms with Gasteiger partial charge in [-0.25, -0.2) is 12.4 Å². The van der Waals surface area contributed by atoms with E-state index in [1.165, 1.54) is 12.3 Å². The van der Waals surface area contributed by atoms with Gasteiger partial charge >= 0.3 is 0 Å². The van der Waals surface area contributed by atoms with Crippen molar-refractivity contribution in [3.63, 3.8) is 0 Å². The van der Waals surface area contributed by atoms with Crippen LogP contribution in [0.3, 0.4) is 0 Å². The molecule has 0 N–H and O–H groups in total. The Bertz CT molecular complexity index is 1370. The van der Waals surface area contributed by atoms with E-state index in [0.29, 0.717) is 43.6 Å². The van der Waals surface area contributed by atoms with Gasteiger partial charge in [-0.15, -0.1) is 5.10 Å². The predicted molar refractivity (Wildman–Crippen MR) is 130 cm³/mol. The number of benzene rings is 1. The molecule has 2 aliphatic heterocycles. The molecule has 1 aromatic carbocycles. The average molecular weight is 518 g/mol. The highest BCUT2D eigenvalue weighted by molar-refractivity contribution is 7.90. The number of nitrogens with zero attached hydrogens (tertiary/aromatic N) is 5. The zero-order valence-corrected chi connectivity index (χ0v) is 20.6. The van der Waals surface area contributed by atoms with Crippen LogP contribution in [0.1, 0.15) is 11.3 Å². The monoisotopic (exact) mass is 517 g/mol. The second-order valence-corrected chi connectivity index (χ2v) is 10.4. The summed E-state index contributed by atoms with van der Waals surface area (Å²) in [6.07, 6.45) is 1.41. The summed E-state index contributed by atoms with van der Waals surface area (Å²) in [5.41, 5.74) is 1.65. The zero-order valence-electron chi connectivity index (χ0n) is 19.1. The molecule has 0 unspecified atom stereocenters. The van der Waals surface area contributed by atoms with Crippen LogP contribution in [-0.2, 0) is 14.8 Å². The molecule has 0 bridgehead atoms. The third-order valence-corrected chi connectivity index (χ3v) is 7.79. The first-order chi connectivity index (χ1) is 16.9. The van der Waals surface area contributed by atoms with E-state index in [1.54, 1.807) is 30.3 Å². The van der Waals surface area contributed by atoms with Crippen LogP contribution < -0.4 is 4.74 Å². The summed E-state index contributed by atoms with van der Waals surface area (Å²) in [4.78, 5) is 2.39. The third kappa shape index (κ3) is 4.90. The molecule has 10 nitrogen and oxygen atoms in total. The number of aromatic nitrogens is 1. The maximum Gasteiger partial charge on any atom is 0.268 e. The van der Waals surface area contributed by atoms with Gasteiger partial charge in [0.05, 0.1) is 23.1 Å². The van der Waals surface area contributed by atoms with Crippen LogP contribution in [0, 0.1) is 6.92 Å². The summed E-state index contributed by atoms with van der Waals surface area (Å²) in [6.45, 7) is 6.34. The number of rotatable bonds is 8. The van der Waals surface area contributed by atoms with E-state index in [1.807, 2.05) is 6.92 Å². The van der Waals surface area contributed by atoms with Crippen LogP contribution in [0.4, 0.5) is 0 Å². The van der Waals surface area contributed by atoms with Gasteiger partial charge in [0, 0.05) is 31.9 Å². The Hall–Kier alpha value is -2.99. The molecule has 35 heavy (non-hydrogen) atoms. The number of hydrogen-bond acceptors (Lipinski definition) is 9. The van der Waals surface area contributed by atoms with Gasteiger partial charge in [-0.2, -0.15) is 5.11 Å². The first kappa shape index (κ1) is 23.7. The summed E-state index contributed by atoms with van der Waals surface area (Å²) in [5, 5.41) is 11.8. The predicted octanol–water partition coefficient (Wildman–Crippen LogP) is 3.83. The summed E-state index contributed by atoms with van der Waals surface area (Å²) in [7, 11) is -3.92. The van der Waals surface area contributed by atoms with Crippen molar-refractivity contribution < 1.29 is 22.3 Å². The normalized spacial score (nSPS) is 16.6. The average Bonchev–Trinajstić information content (AvgIpc) is 3.60. The largest absolute Gasteiger partial charge is 0.488 e. The lowest BCUT2D eigenvalue weighted by Crippen LogP contribution is -2.38. The summed E-state index contributed by atoms with van der Waals surface area (Å²) < 4.78 is 45.5. The SMILES string of the molecule is Cc1ccc(S(=O)(=O)n2ccc(Cl)c2-c2cc(OCCN3CCOCC3)c(C3=NN=NC3)o2)cc1. The number of hydrogen-bond donors (Lipinski definition) is 0. The van der Waals surface area contributed by atoms with Crippen LogP contribution in [0.25, 0.3) is 11.5 Å². The van der Waals surface area contributed by atoms with Gasteiger partial charge in [-0.05, 0) is 30.3 Å². The maximum absolute atomic E-state index is 13.4. The Morgan fingerprint density at radius 3 is 2.63 bits per heavy atom. The second-order valence-electron chi connectivity index (χ2n) is 8.17. The molecule has 2 aromatic heterocycles. The number of furan rings is 1. The first-order valence-corrected chi connectivity index (χ1v) is 13.0.